The van der Waals surface area contributed by atoms with Crippen LogP contribution in [0.25, 0.3) is 0 Å². The molecule has 0 unspecified atom stereocenters. The van der Waals surface area contributed by atoms with Crippen LogP contribution < -0.4 is 10.5 Å². The van der Waals surface area contributed by atoms with Crippen molar-refractivity contribution in [3.05, 3.63) is 36.4 Å². The van der Waals surface area contributed by atoms with E-state index in [1.807, 2.05) is 0 Å². The lowest BCUT2D eigenvalue weighted by Crippen LogP contribution is -2.12. The molecule has 0 aliphatic carbocycles. The molecule has 0 radical (unpaired) electrons. The van der Waals surface area contributed by atoms with Crippen molar-refractivity contribution >= 4 is 27.6 Å². The van der Waals surface area contributed by atoms with E-state index in [4.69, 9.17) is 10.2 Å². The van der Waals surface area contributed by atoms with Crippen LogP contribution in [0.15, 0.2) is 41.3 Å². The van der Waals surface area contributed by atoms with Gasteiger partial charge in [0.25, 0.3) is 0 Å². The molecule has 0 saturated carbocycles. The number of anilines is 1. The second kappa shape index (κ2) is 5.43. The molecule has 1 aromatic rings. The third-order valence-corrected chi connectivity index (χ3v) is 2.76. The quantitative estimate of drug-likeness (QED) is 0.659. The van der Waals surface area contributed by atoms with Gasteiger partial charge in [0, 0.05) is 17.8 Å². The van der Waals surface area contributed by atoms with Gasteiger partial charge in [-0.05, 0) is 24.3 Å². The molecule has 1 amide bonds. The van der Waals surface area contributed by atoms with E-state index < -0.39 is 21.9 Å². The Balaban J connectivity index is 2.76. The van der Waals surface area contributed by atoms with E-state index in [9.17, 15) is 18.0 Å². The van der Waals surface area contributed by atoms with Crippen molar-refractivity contribution in [1.82, 2.24) is 0 Å². The van der Waals surface area contributed by atoms with Gasteiger partial charge in [-0.1, -0.05) is 0 Å². The van der Waals surface area contributed by atoms with Gasteiger partial charge in [-0.2, -0.15) is 0 Å². The maximum Gasteiger partial charge on any atom is 0.328 e. The van der Waals surface area contributed by atoms with E-state index in [0.717, 1.165) is 6.08 Å². The Bertz CT molecular complexity index is 589. The molecule has 0 atom stereocenters. The molecule has 7 nitrogen and oxygen atoms in total. The van der Waals surface area contributed by atoms with Crippen molar-refractivity contribution in [2.75, 3.05) is 5.32 Å². The van der Waals surface area contributed by atoms with Crippen LogP contribution in [0.4, 0.5) is 5.69 Å². The van der Waals surface area contributed by atoms with Crippen molar-refractivity contribution in [3.63, 3.8) is 0 Å². The van der Waals surface area contributed by atoms with Crippen LogP contribution in [0.5, 0.6) is 0 Å². The summed E-state index contributed by atoms with van der Waals surface area (Å²) in [5, 5.41) is 15.6. The molecule has 0 aliphatic heterocycles. The first-order valence-corrected chi connectivity index (χ1v) is 6.18. The molecular formula is C10H10N2O5S. The van der Waals surface area contributed by atoms with Gasteiger partial charge in [-0.15, -0.1) is 0 Å². The fourth-order valence-corrected chi connectivity index (χ4v) is 1.57. The number of carboxylic acids is 1. The highest BCUT2D eigenvalue weighted by Crippen LogP contribution is 2.12. The van der Waals surface area contributed by atoms with E-state index in [-0.39, 0.29) is 4.90 Å². The molecule has 18 heavy (non-hydrogen) atoms. The minimum atomic E-state index is -3.77. The third-order valence-electron chi connectivity index (χ3n) is 1.83. The number of amides is 1. The van der Waals surface area contributed by atoms with E-state index in [1.165, 1.54) is 24.3 Å². The predicted molar refractivity (Wildman–Crippen MR) is 63.2 cm³/mol. The first kappa shape index (κ1) is 13.9. The molecule has 4 N–H and O–H groups in total. The number of rotatable bonds is 4. The van der Waals surface area contributed by atoms with Crippen molar-refractivity contribution in [2.45, 2.75) is 4.90 Å². The van der Waals surface area contributed by atoms with Crippen LogP contribution in [0, 0.1) is 0 Å². The molecule has 0 heterocycles. The Morgan fingerprint density at radius 2 is 1.72 bits per heavy atom. The average molecular weight is 270 g/mol. The summed E-state index contributed by atoms with van der Waals surface area (Å²) in [6, 6.07) is 5.14. The number of benzene rings is 1. The summed E-state index contributed by atoms with van der Waals surface area (Å²) in [6.07, 6.45) is 1.53. The molecule has 0 bridgehead atoms. The summed E-state index contributed by atoms with van der Waals surface area (Å²) in [5.74, 6) is -1.88. The fourth-order valence-electron chi connectivity index (χ4n) is 1.06. The molecule has 0 aromatic heterocycles. The summed E-state index contributed by atoms with van der Waals surface area (Å²) >= 11 is 0. The average Bonchev–Trinajstić information content (AvgIpc) is 2.26. The summed E-state index contributed by atoms with van der Waals surface area (Å²) < 4.78 is 21.9. The van der Waals surface area contributed by atoms with Crippen molar-refractivity contribution in [2.24, 2.45) is 5.14 Å². The maximum absolute atomic E-state index is 11.2. The van der Waals surface area contributed by atoms with Gasteiger partial charge in [-0.25, -0.2) is 18.4 Å². The summed E-state index contributed by atoms with van der Waals surface area (Å²) in [7, 11) is -3.77. The Labute approximate surface area is 103 Å². The fraction of sp³-hybridized carbons (Fsp3) is 0. The van der Waals surface area contributed by atoms with Gasteiger partial charge in [0.2, 0.25) is 15.9 Å². The molecule has 0 fully saturated rings. The second-order valence-electron chi connectivity index (χ2n) is 3.23. The number of hydrogen-bond donors (Lipinski definition) is 3. The number of aliphatic carboxylic acids is 1. The van der Waals surface area contributed by atoms with Crippen LogP contribution in [-0.4, -0.2) is 25.4 Å². The zero-order valence-corrected chi connectivity index (χ0v) is 9.85. The minimum Gasteiger partial charge on any atom is -0.478 e. The molecule has 0 aliphatic rings. The highest BCUT2D eigenvalue weighted by atomic mass is 32.2. The van der Waals surface area contributed by atoms with Gasteiger partial charge in [0.15, 0.2) is 0 Å². The number of nitrogens with two attached hydrogens (primary N) is 1. The van der Waals surface area contributed by atoms with Crippen molar-refractivity contribution in [1.29, 1.82) is 0 Å². The Morgan fingerprint density at radius 1 is 1.17 bits per heavy atom. The lowest BCUT2D eigenvalue weighted by molar-refractivity contribution is -0.131. The predicted octanol–water partition coefficient (Wildman–Crippen LogP) is -0.0867. The monoisotopic (exact) mass is 270 g/mol. The number of carboxylic acid groups (broad SMARTS) is 1. The molecular weight excluding hydrogens is 260 g/mol. The first-order chi connectivity index (χ1) is 8.29. The number of hydrogen-bond acceptors (Lipinski definition) is 4. The van der Waals surface area contributed by atoms with Gasteiger partial charge >= 0.3 is 5.97 Å². The van der Waals surface area contributed by atoms with E-state index in [1.54, 1.807) is 0 Å². The number of carbonyl (C=O) groups is 2. The normalized spacial score (nSPS) is 11.4. The number of nitrogens with one attached hydrogen (secondary N) is 1. The molecule has 1 rings (SSSR count). The standard InChI is InChI=1S/C10H10N2O5S/c11-18(16,17)8-3-1-7(2-4-8)12-9(13)5-6-10(14)15/h1-6H,(H,12,13)(H,14,15)(H2,11,16,17). The molecule has 0 saturated heterocycles. The van der Waals surface area contributed by atoms with Crippen molar-refractivity contribution in [3.8, 4) is 0 Å². The van der Waals surface area contributed by atoms with Crippen LogP contribution in [0.2, 0.25) is 0 Å². The van der Waals surface area contributed by atoms with Crippen molar-refractivity contribution < 1.29 is 23.1 Å². The lowest BCUT2D eigenvalue weighted by atomic mass is 10.3. The highest BCUT2D eigenvalue weighted by Gasteiger charge is 2.07. The molecule has 96 valence electrons. The highest BCUT2D eigenvalue weighted by molar-refractivity contribution is 7.89. The summed E-state index contributed by atoms with van der Waals surface area (Å²) in [6.45, 7) is 0. The smallest absolute Gasteiger partial charge is 0.328 e. The summed E-state index contributed by atoms with van der Waals surface area (Å²) in [4.78, 5) is 21.3. The zero-order chi connectivity index (χ0) is 13.8. The van der Waals surface area contributed by atoms with Crippen LogP contribution in [0.3, 0.4) is 0 Å². The minimum absolute atomic E-state index is 0.0819. The van der Waals surface area contributed by atoms with Gasteiger partial charge < -0.3 is 10.4 Å². The van der Waals surface area contributed by atoms with Crippen LogP contribution in [-0.2, 0) is 19.6 Å². The van der Waals surface area contributed by atoms with Gasteiger partial charge in [0.05, 0.1) is 4.90 Å². The van der Waals surface area contributed by atoms with Crippen LogP contribution in [0.1, 0.15) is 0 Å². The Morgan fingerprint density at radius 3 is 2.17 bits per heavy atom. The number of primary sulfonamides is 1. The third kappa shape index (κ3) is 4.36. The largest absolute Gasteiger partial charge is 0.478 e. The summed E-state index contributed by atoms with van der Waals surface area (Å²) in [5.41, 5.74) is 0.322. The SMILES string of the molecule is NS(=O)(=O)c1ccc(NC(=O)C=CC(=O)O)cc1. The second-order valence-corrected chi connectivity index (χ2v) is 4.79. The van der Waals surface area contributed by atoms with Gasteiger partial charge in [-0.3, -0.25) is 4.79 Å². The zero-order valence-electron chi connectivity index (χ0n) is 9.03. The Kier molecular flexibility index (Phi) is 4.18. The maximum atomic E-state index is 11.2. The van der Waals surface area contributed by atoms with E-state index in [0.29, 0.717) is 11.8 Å². The molecule has 0 spiro atoms. The first-order valence-electron chi connectivity index (χ1n) is 4.64. The van der Waals surface area contributed by atoms with E-state index >= 15 is 0 Å². The Hall–Kier alpha value is -2.19. The van der Waals surface area contributed by atoms with E-state index in [2.05, 4.69) is 5.32 Å². The molecule has 8 heteroatoms. The number of carbonyl (C=O) groups excluding carboxylic acids is 1. The topological polar surface area (TPSA) is 127 Å². The van der Waals surface area contributed by atoms with Gasteiger partial charge in [0.1, 0.15) is 0 Å². The number of sulfonamides is 1. The lowest BCUT2D eigenvalue weighted by Gasteiger charge is -2.03. The molecule has 1 aromatic carbocycles. The van der Waals surface area contributed by atoms with Crippen LogP contribution >= 0.6 is 0 Å².